The van der Waals surface area contributed by atoms with E-state index in [1.54, 1.807) is 18.4 Å². The number of nitrogens with zero attached hydrogens (tertiary/aromatic N) is 2. The standard InChI is InChI=1S/C21H20N4O2S/c1-27-12-16(9-14-5-3-2-4-6-14)23-21-24-18(20(26)25-21)10-15-7-8-17-19(11-15)28-13-22-17/h2-8,10-11,13,16H,9,12H2,1H3,(H2,23,24,25,26)/b18-10-. The van der Waals surface area contributed by atoms with E-state index in [4.69, 9.17) is 4.74 Å². The van der Waals surface area contributed by atoms with Crippen LogP contribution in [0.4, 0.5) is 0 Å². The minimum absolute atomic E-state index is 0.0944. The topological polar surface area (TPSA) is 75.6 Å². The molecule has 1 atom stereocenters. The maximum atomic E-state index is 12.3. The summed E-state index contributed by atoms with van der Waals surface area (Å²) in [4.78, 5) is 21.3. The molecule has 4 rings (SSSR count). The third kappa shape index (κ3) is 4.27. The van der Waals surface area contributed by atoms with Gasteiger partial charge >= 0.3 is 0 Å². The van der Waals surface area contributed by atoms with Crippen molar-refractivity contribution >= 4 is 39.5 Å². The van der Waals surface area contributed by atoms with Crippen LogP contribution >= 0.6 is 11.3 Å². The molecule has 0 saturated carbocycles. The molecular weight excluding hydrogens is 372 g/mol. The normalized spacial score (nSPS) is 17.8. The van der Waals surface area contributed by atoms with Gasteiger partial charge in [-0.25, -0.2) is 9.98 Å². The number of thiazole rings is 1. The second-order valence-corrected chi connectivity index (χ2v) is 7.38. The highest BCUT2D eigenvalue weighted by Crippen LogP contribution is 2.20. The average molecular weight is 392 g/mol. The summed E-state index contributed by atoms with van der Waals surface area (Å²) >= 11 is 1.58. The number of carbonyl (C=O) groups excluding carboxylic acids is 1. The van der Waals surface area contributed by atoms with Gasteiger partial charge < -0.3 is 10.1 Å². The van der Waals surface area contributed by atoms with Crippen LogP contribution < -0.4 is 10.6 Å². The van der Waals surface area contributed by atoms with Crippen LogP contribution in [0.3, 0.4) is 0 Å². The Kier molecular flexibility index (Phi) is 5.45. The van der Waals surface area contributed by atoms with E-state index in [1.807, 2.05) is 48.0 Å². The Morgan fingerprint density at radius 3 is 2.89 bits per heavy atom. The van der Waals surface area contributed by atoms with E-state index in [0.717, 1.165) is 22.2 Å². The fourth-order valence-electron chi connectivity index (χ4n) is 3.09. The first-order chi connectivity index (χ1) is 13.7. The lowest BCUT2D eigenvalue weighted by Gasteiger charge is -2.12. The van der Waals surface area contributed by atoms with Gasteiger partial charge in [0.1, 0.15) is 5.70 Å². The molecule has 2 N–H and O–H groups in total. The average Bonchev–Trinajstić information content (AvgIpc) is 3.29. The lowest BCUT2D eigenvalue weighted by Crippen LogP contribution is -2.29. The van der Waals surface area contributed by atoms with E-state index >= 15 is 0 Å². The number of nitrogens with one attached hydrogen (secondary N) is 2. The molecule has 0 bridgehead atoms. The van der Waals surface area contributed by atoms with Crippen LogP contribution in [-0.4, -0.2) is 36.6 Å². The zero-order valence-corrected chi connectivity index (χ0v) is 16.2. The molecule has 7 heteroatoms. The van der Waals surface area contributed by atoms with Crippen LogP contribution in [-0.2, 0) is 16.0 Å². The molecule has 1 aromatic heterocycles. The lowest BCUT2D eigenvalue weighted by atomic mass is 10.1. The van der Waals surface area contributed by atoms with Gasteiger partial charge in [0, 0.05) is 7.11 Å². The summed E-state index contributed by atoms with van der Waals surface area (Å²) in [5.41, 5.74) is 5.36. The first-order valence-corrected chi connectivity index (χ1v) is 9.83. The molecule has 142 valence electrons. The number of amides is 1. The van der Waals surface area contributed by atoms with Crippen molar-refractivity contribution in [2.75, 3.05) is 13.7 Å². The zero-order valence-electron chi connectivity index (χ0n) is 15.4. The Balaban J connectivity index is 1.51. The molecule has 1 fully saturated rings. The molecule has 1 amide bonds. The van der Waals surface area contributed by atoms with Gasteiger partial charge in [0.25, 0.3) is 5.91 Å². The smallest absolute Gasteiger partial charge is 0.274 e. The number of hydrogen-bond donors (Lipinski definition) is 2. The molecule has 1 aliphatic rings. The van der Waals surface area contributed by atoms with Crippen LogP contribution in [0.15, 0.2) is 64.7 Å². The summed E-state index contributed by atoms with van der Waals surface area (Å²) in [6.45, 7) is 0.469. The van der Waals surface area contributed by atoms with Gasteiger partial charge in [-0.05, 0) is 35.8 Å². The molecule has 28 heavy (non-hydrogen) atoms. The number of aromatic nitrogens is 1. The Hall–Kier alpha value is -3.03. The summed E-state index contributed by atoms with van der Waals surface area (Å²) < 4.78 is 6.39. The Labute approximate surface area is 167 Å². The lowest BCUT2D eigenvalue weighted by molar-refractivity contribution is -0.115. The monoisotopic (exact) mass is 392 g/mol. The second kappa shape index (κ2) is 8.33. The van der Waals surface area contributed by atoms with Crippen molar-refractivity contribution in [3.8, 4) is 0 Å². The third-order valence-corrected chi connectivity index (χ3v) is 5.17. The fraction of sp³-hybridized carbons (Fsp3) is 0.190. The van der Waals surface area contributed by atoms with Gasteiger partial charge in [0.05, 0.1) is 28.4 Å². The minimum Gasteiger partial charge on any atom is -0.382 e. The van der Waals surface area contributed by atoms with Crippen LogP contribution in [0, 0.1) is 0 Å². The van der Waals surface area contributed by atoms with E-state index in [0.29, 0.717) is 18.3 Å². The van der Waals surface area contributed by atoms with Crippen molar-refractivity contribution in [2.45, 2.75) is 12.5 Å². The molecule has 0 spiro atoms. The van der Waals surface area contributed by atoms with Crippen molar-refractivity contribution < 1.29 is 9.53 Å². The second-order valence-electron chi connectivity index (χ2n) is 6.49. The van der Waals surface area contributed by atoms with Gasteiger partial charge in [-0.2, -0.15) is 0 Å². The van der Waals surface area contributed by atoms with Crippen molar-refractivity contribution in [3.05, 3.63) is 70.9 Å². The number of fused-ring (bicyclic) bond motifs is 1. The minimum atomic E-state index is -0.195. The highest BCUT2D eigenvalue weighted by atomic mass is 32.1. The maximum absolute atomic E-state index is 12.3. The Morgan fingerprint density at radius 2 is 2.07 bits per heavy atom. The molecule has 1 unspecified atom stereocenters. The molecule has 1 saturated heterocycles. The number of ether oxygens (including phenoxy) is 1. The highest BCUT2D eigenvalue weighted by molar-refractivity contribution is 7.16. The van der Waals surface area contributed by atoms with Gasteiger partial charge in [-0.3, -0.25) is 10.1 Å². The molecule has 3 aromatic rings. The van der Waals surface area contributed by atoms with Gasteiger partial charge in [-0.1, -0.05) is 36.4 Å². The number of benzene rings is 2. The maximum Gasteiger partial charge on any atom is 0.274 e. The largest absolute Gasteiger partial charge is 0.382 e. The summed E-state index contributed by atoms with van der Waals surface area (Å²) in [6, 6.07) is 15.9. The van der Waals surface area contributed by atoms with Crippen LogP contribution in [0.2, 0.25) is 0 Å². The zero-order chi connectivity index (χ0) is 19.3. The number of methoxy groups -OCH3 is 1. The van der Waals surface area contributed by atoms with Gasteiger partial charge in [0.15, 0.2) is 0 Å². The van der Waals surface area contributed by atoms with Gasteiger partial charge in [-0.15, -0.1) is 11.3 Å². The number of carbonyl (C=O) groups is 1. The van der Waals surface area contributed by atoms with Crippen LogP contribution in [0.5, 0.6) is 0 Å². The molecule has 2 heterocycles. The fourth-order valence-corrected chi connectivity index (χ4v) is 3.81. The van der Waals surface area contributed by atoms with E-state index in [-0.39, 0.29) is 11.9 Å². The number of aliphatic imine (C=N–C) groups is 1. The Bertz CT molecular complexity index is 1040. The Morgan fingerprint density at radius 1 is 1.21 bits per heavy atom. The SMILES string of the molecule is COCC(Cc1ccccc1)N=C1NC(=O)/C(=C/c2ccc3ncsc3c2)N1. The molecule has 2 aromatic carbocycles. The first-order valence-electron chi connectivity index (χ1n) is 8.95. The summed E-state index contributed by atoms with van der Waals surface area (Å²) in [5, 5.41) is 5.89. The van der Waals surface area contributed by atoms with Crippen molar-refractivity contribution in [1.29, 1.82) is 0 Å². The summed E-state index contributed by atoms with van der Waals surface area (Å²) in [7, 11) is 1.65. The quantitative estimate of drug-likeness (QED) is 0.633. The first kappa shape index (κ1) is 18.3. The van der Waals surface area contributed by atoms with Crippen molar-refractivity contribution in [2.24, 2.45) is 4.99 Å². The summed E-state index contributed by atoms with van der Waals surface area (Å²) in [6.07, 6.45) is 2.55. The number of hydrogen-bond acceptors (Lipinski definition) is 5. The van der Waals surface area contributed by atoms with E-state index in [2.05, 4.69) is 32.7 Å². The molecule has 0 radical (unpaired) electrons. The van der Waals surface area contributed by atoms with Crippen molar-refractivity contribution in [1.82, 2.24) is 15.6 Å². The predicted molar refractivity (Wildman–Crippen MR) is 112 cm³/mol. The number of rotatable bonds is 6. The van der Waals surface area contributed by atoms with Crippen LogP contribution in [0.1, 0.15) is 11.1 Å². The third-order valence-electron chi connectivity index (χ3n) is 4.38. The molecular formula is C21H20N4O2S. The molecule has 1 aliphatic heterocycles. The van der Waals surface area contributed by atoms with E-state index < -0.39 is 0 Å². The molecule has 0 aliphatic carbocycles. The number of guanidine groups is 1. The van der Waals surface area contributed by atoms with Crippen LogP contribution in [0.25, 0.3) is 16.3 Å². The van der Waals surface area contributed by atoms with Gasteiger partial charge in [0.2, 0.25) is 5.96 Å². The summed E-state index contributed by atoms with van der Waals surface area (Å²) in [5.74, 6) is 0.257. The molecule has 6 nitrogen and oxygen atoms in total. The van der Waals surface area contributed by atoms with E-state index in [1.165, 1.54) is 5.56 Å². The van der Waals surface area contributed by atoms with E-state index in [9.17, 15) is 4.79 Å². The predicted octanol–water partition coefficient (Wildman–Crippen LogP) is 2.97. The highest BCUT2D eigenvalue weighted by Gasteiger charge is 2.23. The van der Waals surface area contributed by atoms with Crippen molar-refractivity contribution in [3.63, 3.8) is 0 Å².